The van der Waals surface area contributed by atoms with Gasteiger partial charge in [0.1, 0.15) is 0 Å². The molecule has 1 aromatic heterocycles. The number of aromatic nitrogens is 1. The monoisotopic (exact) mass is 239 g/mol. The van der Waals surface area contributed by atoms with Crippen molar-refractivity contribution in [1.29, 1.82) is 0 Å². The fraction of sp³-hybridized carbons (Fsp3) is 0.267. The molecule has 3 heteroatoms. The zero-order valence-corrected chi connectivity index (χ0v) is 10.3. The molecule has 0 fully saturated rings. The van der Waals surface area contributed by atoms with Crippen LogP contribution in [0.3, 0.4) is 0 Å². The fourth-order valence-corrected chi connectivity index (χ4v) is 2.50. The van der Waals surface area contributed by atoms with E-state index in [9.17, 15) is 0 Å². The van der Waals surface area contributed by atoms with Gasteiger partial charge in [0.2, 0.25) is 0 Å². The molecule has 0 amide bonds. The Morgan fingerprint density at radius 3 is 2.83 bits per heavy atom. The molecule has 0 saturated carbocycles. The summed E-state index contributed by atoms with van der Waals surface area (Å²) < 4.78 is 0. The molecular formula is C15H17N3. The van der Waals surface area contributed by atoms with Crippen molar-refractivity contribution in [1.82, 2.24) is 9.88 Å². The highest BCUT2D eigenvalue weighted by atomic mass is 15.1. The number of nitrogens with zero attached hydrogens (tertiary/aromatic N) is 2. The van der Waals surface area contributed by atoms with Crippen molar-refractivity contribution in [3.8, 4) is 0 Å². The van der Waals surface area contributed by atoms with E-state index in [-0.39, 0.29) is 0 Å². The number of rotatable bonds is 2. The first-order chi connectivity index (χ1) is 8.81. The van der Waals surface area contributed by atoms with Crippen LogP contribution in [0.2, 0.25) is 0 Å². The van der Waals surface area contributed by atoms with E-state index < -0.39 is 0 Å². The molecule has 3 rings (SSSR count). The van der Waals surface area contributed by atoms with Gasteiger partial charge in [0.05, 0.1) is 5.69 Å². The highest BCUT2D eigenvalue weighted by molar-refractivity contribution is 5.37. The zero-order valence-electron chi connectivity index (χ0n) is 10.3. The molecule has 0 unspecified atom stereocenters. The predicted molar refractivity (Wildman–Crippen MR) is 72.9 cm³/mol. The second-order valence-electron chi connectivity index (χ2n) is 4.81. The Morgan fingerprint density at radius 1 is 1.17 bits per heavy atom. The minimum atomic E-state index is 0.789. The van der Waals surface area contributed by atoms with Crippen molar-refractivity contribution >= 4 is 5.69 Å². The van der Waals surface area contributed by atoms with E-state index >= 15 is 0 Å². The molecule has 92 valence electrons. The number of pyridine rings is 1. The second kappa shape index (κ2) is 4.78. The standard InChI is InChI=1S/C15H17N3/c16-14-5-7-17-15(9-14)11-18-8-6-12-3-1-2-4-13(12)10-18/h1-5,7,9H,6,8,10-11H2,(H2,16,17). The number of nitrogens with two attached hydrogens (primary N) is 1. The van der Waals surface area contributed by atoms with Gasteiger partial charge in [-0.3, -0.25) is 9.88 Å². The van der Waals surface area contributed by atoms with Gasteiger partial charge in [0, 0.05) is 31.5 Å². The minimum absolute atomic E-state index is 0.789. The first-order valence-electron chi connectivity index (χ1n) is 6.31. The summed E-state index contributed by atoms with van der Waals surface area (Å²) in [4.78, 5) is 6.79. The van der Waals surface area contributed by atoms with E-state index in [1.54, 1.807) is 6.20 Å². The Kier molecular flexibility index (Phi) is 2.99. The van der Waals surface area contributed by atoms with Crippen LogP contribution in [0.25, 0.3) is 0 Å². The Balaban J connectivity index is 1.73. The number of hydrogen-bond donors (Lipinski definition) is 1. The van der Waals surface area contributed by atoms with Crippen molar-refractivity contribution in [2.45, 2.75) is 19.5 Å². The molecule has 1 aliphatic heterocycles. The Labute approximate surface area is 107 Å². The molecule has 1 aliphatic rings. The lowest BCUT2D eigenvalue weighted by Crippen LogP contribution is -2.30. The lowest BCUT2D eigenvalue weighted by Gasteiger charge is -2.28. The van der Waals surface area contributed by atoms with Gasteiger partial charge in [-0.25, -0.2) is 0 Å². The van der Waals surface area contributed by atoms with Gasteiger partial charge in [-0.1, -0.05) is 24.3 Å². The molecule has 18 heavy (non-hydrogen) atoms. The number of hydrogen-bond acceptors (Lipinski definition) is 3. The summed E-state index contributed by atoms with van der Waals surface area (Å²) >= 11 is 0. The maximum absolute atomic E-state index is 5.78. The largest absolute Gasteiger partial charge is 0.399 e. The molecule has 2 heterocycles. The Morgan fingerprint density at radius 2 is 2.00 bits per heavy atom. The first kappa shape index (κ1) is 11.2. The van der Waals surface area contributed by atoms with Crippen molar-refractivity contribution in [2.75, 3.05) is 12.3 Å². The zero-order chi connectivity index (χ0) is 12.4. The summed E-state index contributed by atoms with van der Waals surface area (Å²) in [7, 11) is 0. The average molecular weight is 239 g/mol. The van der Waals surface area contributed by atoms with Crippen LogP contribution in [-0.2, 0) is 19.5 Å². The summed E-state index contributed by atoms with van der Waals surface area (Å²) in [5.41, 5.74) is 10.5. The van der Waals surface area contributed by atoms with Gasteiger partial charge in [0.15, 0.2) is 0 Å². The summed E-state index contributed by atoms with van der Waals surface area (Å²) in [6.45, 7) is 2.97. The van der Waals surface area contributed by atoms with Crippen LogP contribution in [0.1, 0.15) is 16.8 Å². The van der Waals surface area contributed by atoms with Crippen LogP contribution < -0.4 is 5.73 Å². The average Bonchev–Trinajstić information content (AvgIpc) is 2.39. The van der Waals surface area contributed by atoms with Crippen LogP contribution in [0, 0.1) is 0 Å². The summed E-state index contributed by atoms with van der Waals surface area (Å²) in [5, 5.41) is 0. The fourth-order valence-electron chi connectivity index (χ4n) is 2.50. The molecule has 0 bridgehead atoms. The SMILES string of the molecule is Nc1ccnc(CN2CCc3ccccc3C2)c1. The van der Waals surface area contributed by atoms with E-state index in [4.69, 9.17) is 5.73 Å². The maximum Gasteiger partial charge on any atom is 0.0564 e. The van der Waals surface area contributed by atoms with Gasteiger partial charge in [-0.2, -0.15) is 0 Å². The van der Waals surface area contributed by atoms with E-state index in [0.29, 0.717) is 0 Å². The second-order valence-corrected chi connectivity index (χ2v) is 4.81. The molecule has 2 aromatic rings. The molecule has 1 aromatic carbocycles. The molecule has 0 radical (unpaired) electrons. The number of benzene rings is 1. The third kappa shape index (κ3) is 2.36. The van der Waals surface area contributed by atoms with E-state index in [1.807, 2.05) is 12.1 Å². The van der Waals surface area contributed by atoms with Gasteiger partial charge < -0.3 is 5.73 Å². The number of nitrogen functional groups attached to an aromatic ring is 1. The predicted octanol–water partition coefficient (Wildman–Crippen LogP) is 2.22. The third-order valence-corrected chi connectivity index (χ3v) is 3.44. The summed E-state index contributed by atoms with van der Waals surface area (Å²) in [5.74, 6) is 0. The van der Waals surface area contributed by atoms with Crippen LogP contribution in [0.15, 0.2) is 42.6 Å². The van der Waals surface area contributed by atoms with Crippen LogP contribution in [0.5, 0.6) is 0 Å². The van der Waals surface area contributed by atoms with Crippen LogP contribution in [0.4, 0.5) is 5.69 Å². The maximum atomic E-state index is 5.78. The molecule has 0 spiro atoms. The van der Waals surface area contributed by atoms with Crippen molar-refractivity contribution in [3.05, 3.63) is 59.4 Å². The number of anilines is 1. The molecule has 3 nitrogen and oxygen atoms in total. The summed E-state index contributed by atoms with van der Waals surface area (Å²) in [6.07, 6.45) is 2.90. The molecular weight excluding hydrogens is 222 g/mol. The third-order valence-electron chi connectivity index (χ3n) is 3.44. The lowest BCUT2D eigenvalue weighted by molar-refractivity contribution is 0.243. The van der Waals surface area contributed by atoms with Gasteiger partial charge in [-0.05, 0) is 29.7 Å². The summed E-state index contributed by atoms with van der Waals surface area (Å²) in [6, 6.07) is 12.5. The van der Waals surface area contributed by atoms with Gasteiger partial charge >= 0.3 is 0 Å². The van der Waals surface area contributed by atoms with Crippen molar-refractivity contribution in [2.24, 2.45) is 0 Å². The Hall–Kier alpha value is -1.87. The van der Waals surface area contributed by atoms with Crippen molar-refractivity contribution in [3.63, 3.8) is 0 Å². The van der Waals surface area contributed by atoms with E-state index in [1.165, 1.54) is 11.1 Å². The lowest BCUT2D eigenvalue weighted by atomic mass is 10.00. The molecule has 0 saturated heterocycles. The minimum Gasteiger partial charge on any atom is -0.399 e. The van der Waals surface area contributed by atoms with Crippen LogP contribution >= 0.6 is 0 Å². The Bertz CT molecular complexity index is 551. The van der Waals surface area contributed by atoms with Crippen LogP contribution in [-0.4, -0.2) is 16.4 Å². The molecule has 2 N–H and O–H groups in total. The van der Waals surface area contributed by atoms with E-state index in [0.717, 1.165) is 37.4 Å². The normalized spacial score (nSPS) is 15.3. The topological polar surface area (TPSA) is 42.1 Å². The highest BCUT2D eigenvalue weighted by Gasteiger charge is 2.15. The highest BCUT2D eigenvalue weighted by Crippen LogP contribution is 2.19. The van der Waals surface area contributed by atoms with Gasteiger partial charge in [-0.15, -0.1) is 0 Å². The van der Waals surface area contributed by atoms with Gasteiger partial charge in [0.25, 0.3) is 0 Å². The van der Waals surface area contributed by atoms with Crippen molar-refractivity contribution < 1.29 is 0 Å². The smallest absolute Gasteiger partial charge is 0.0564 e. The molecule has 0 atom stereocenters. The number of fused-ring (bicyclic) bond motifs is 1. The quantitative estimate of drug-likeness (QED) is 0.873. The van der Waals surface area contributed by atoms with E-state index in [2.05, 4.69) is 34.1 Å². The molecule has 0 aliphatic carbocycles. The first-order valence-corrected chi connectivity index (χ1v) is 6.31.